The molecular formula is C14H21N3O4. The maximum atomic E-state index is 11.6. The van der Waals surface area contributed by atoms with Crippen molar-refractivity contribution in [2.75, 3.05) is 6.54 Å². The molecule has 0 aliphatic rings. The summed E-state index contributed by atoms with van der Waals surface area (Å²) in [5.41, 5.74) is 0.401. The number of benzene rings is 1. The van der Waals surface area contributed by atoms with Gasteiger partial charge in [-0.2, -0.15) is 0 Å². The van der Waals surface area contributed by atoms with E-state index in [-0.39, 0.29) is 18.8 Å². The number of aliphatic hydroxyl groups excluding tert-OH is 1. The molecule has 0 saturated carbocycles. The zero-order chi connectivity index (χ0) is 15.8. The second-order valence-corrected chi connectivity index (χ2v) is 5.23. The van der Waals surface area contributed by atoms with Crippen molar-refractivity contribution in [1.29, 1.82) is 0 Å². The van der Waals surface area contributed by atoms with Crippen molar-refractivity contribution in [3.05, 3.63) is 39.9 Å². The number of nitro groups is 1. The highest BCUT2D eigenvalue weighted by Crippen LogP contribution is 2.16. The van der Waals surface area contributed by atoms with Crippen LogP contribution in [-0.4, -0.2) is 28.7 Å². The van der Waals surface area contributed by atoms with Crippen LogP contribution in [0.4, 0.5) is 10.5 Å². The molecule has 0 radical (unpaired) electrons. The molecule has 1 aromatic rings. The number of hydrogen-bond acceptors (Lipinski definition) is 4. The predicted octanol–water partition coefficient (Wildman–Crippen LogP) is 1.80. The molecule has 0 aliphatic heterocycles. The average molecular weight is 295 g/mol. The Morgan fingerprint density at radius 1 is 1.33 bits per heavy atom. The zero-order valence-electron chi connectivity index (χ0n) is 12.2. The molecule has 1 rings (SSSR count). The summed E-state index contributed by atoms with van der Waals surface area (Å²) < 4.78 is 0. The van der Waals surface area contributed by atoms with Crippen molar-refractivity contribution in [2.24, 2.45) is 5.92 Å². The smallest absolute Gasteiger partial charge is 0.315 e. The minimum Gasteiger partial charge on any atom is -0.391 e. The largest absolute Gasteiger partial charge is 0.391 e. The van der Waals surface area contributed by atoms with Gasteiger partial charge in [0.05, 0.1) is 17.6 Å². The molecule has 2 amide bonds. The van der Waals surface area contributed by atoms with Crippen molar-refractivity contribution in [3.63, 3.8) is 0 Å². The third kappa shape index (κ3) is 6.22. The van der Waals surface area contributed by atoms with E-state index in [9.17, 15) is 20.0 Å². The molecule has 116 valence electrons. The molecule has 7 heteroatoms. The summed E-state index contributed by atoms with van der Waals surface area (Å²) in [5.74, 6) is 0.344. The van der Waals surface area contributed by atoms with E-state index in [1.165, 1.54) is 6.07 Å². The third-order valence-electron chi connectivity index (χ3n) is 2.87. The van der Waals surface area contributed by atoms with Crippen LogP contribution in [0.5, 0.6) is 0 Å². The summed E-state index contributed by atoms with van der Waals surface area (Å²) in [7, 11) is 0. The summed E-state index contributed by atoms with van der Waals surface area (Å²) in [6, 6.07) is 5.77. The quantitative estimate of drug-likeness (QED) is 0.527. The molecule has 0 aromatic heterocycles. The number of carbonyl (C=O) groups is 1. The van der Waals surface area contributed by atoms with Gasteiger partial charge in [-0.05, 0) is 12.3 Å². The summed E-state index contributed by atoms with van der Waals surface area (Å²) in [4.78, 5) is 21.9. The van der Waals surface area contributed by atoms with E-state index in [1.807, 2.05) is 13.8 Å². The molecule has 3 N–H and O–H groups in total. The van der Waals surface area contributed by atoms with Gasteiger partial charge in [0.1, 0.15) is 0 Å². The van der Waals surface area contributed by atoms with Crippen LogP contribution < -0.4 is 10.6 Å². The Hall–Kier alpha value is -2.15. The number of rotatable bonds is 7. The van der Waals surface area contributed by atoms with E-state index < -0.39 is 17.1 Å². The van der Waals surface area contributed by atoms with Crippen LogP contribution in [0.15, 0.2) is 24.3 Å². The maximum absolute atomic E-state index is 11.6. The fourth-order valence-electron chi connectivity index (χ4n) is 1.91. The van der Waals surface area contributed by atoms with Crippen molar-refractivity contribution >= 4 is 11.7 Å². The van der Waals surface area contributed by atoms with Crippen LogP contribution in [0.25, 0.3) is 0 Å². The summed E-state index contributed by atoms with van der Waals surface area (Å²) in [6.45, 7) is 4.18. The molecule has 0 fully saturated rings. The van der Waals surface area contributed by atoms with Gasteiger partial charge in [-0.1, -0.05) is 32.0 Å². The van der Waals surface area contributed by atoms with Gasteiger partial charge in [-0.3, -0.25) is 10.1 Å². The Bertz CT molecular complexity index is 491. The fourth-order valence-corrected chi connectivity index (χ4v) is 1.91. The van der Waals surface area contributed by atoms with E-state index >= 15 is 0 Å². The van der Waals surface area contributed by atoms with Crippen molar-refractivity contribution in [2.45, 2.75) is 32.9 Å². The van der Waals surface area contributed by atoms with Gasteiger partial charge < -0.3 is 15.7 Å². The number of carbonyl (C=O) groups excluding carboxylic acids is 1. The lowest BCUT2D eigenvalue weighted by molar-refractivity contribution is -0.385. The number of urea groups is 1. The number of nitro benzene ring substituents is 1. The van der Waals surface area contributed by atoms with Gasteiger partial charge >= 0.3 is 6.03 Å². The summed E-state index contributed by atoms with van der Waals surface area (Å²) >= 11 is 0. The second-order valence-electron chi connectivity index (χ2n) is 5.23. The van der Waals surface area contributed by atoms with Gasteiger partial charge in [0.15, 0.2) is 0 Å². The van der Waals surface area contributed by atoms with Gasteiger partial charge in [0.25, 0.3) is 5.69 Å². The van der Waals surface area contributed by atoms with Gasteiger partial charge in [-0.15, -0.1) is 0 Å². The highest BCUT2D eigenvalue weighted by molar-refractivity contribution is 5.74. The van der Waals surface area contributed by atoms with Gasteiger partial charge in [-0.25, -0.2) is 4.79 Å². The summed E-state index contributed by atoms with van der Waals surface area (Å²) in [5, 5.41) is 25.5. The van der Waals surface area contributed by atoms with E-state index in [0.29, 0.717) is 17.9 Å². The number of para-hydroxylation sites is 1. The van der Waals surface area contributed by atoms with Gasteiger partial charge in [0.2, 0.25) is 0 Å². The first-order valence-electron chi connectivity index (χ1n) is 6.82. The van der Waals surface area contributed by atoms with Crippen molar-refractivity contribution in [3.8, 4) is 0 Å². The standard InChI is InChI=1S/C14H21N3O4/c1-10(2)7-12(18)9-16-14(19)15-8-11-5-3-4-6-13(11)17(20)21/h3-6,10,12,18H,7-9H2,1-2H3,(H2,15,16,19). The van der Waals surface area contributed by atoms with Crippen LogP contribution >= 0.6 is 0 Å². The first kappa shape index (κ1) is 16.9. The lowest BCUT2D eigenvalue weighted by Crippen LogP contribution is -2.39. The molecule has 1 atom stereocenters. The number of amides is 2. The first-order chi connectivity index (χ1) is 9.90. The monoisotopic (exact) mass is 295 g/mol. The lowest BCUT2D eigenvalue weighted by Gasteiger charge is -2.14. The Labute approximate surface area is 123 Å². The molecule has 0 bridgehead atoms. The van der Waals surface area contributed by atoms with Crippen LogP contribution in [-0.2, 0) is 6.54 Å². The third-order valence-corrected chi connectivity index (χ3v) is 2.87. The highest BCUT2D eigenvalue weighted by Gasteiger charge is 2.13. The normalized spacial score (nSPS) is 12.0. The highest BCUT2D eigenvalue weighted by atomic mass is 16.6. The van der Waals surface area contributed by atoms with Crippen molar-refractivity contribution in [1.82, 2.24) is 10.6 Å². The molecule has 1 aromatic carbocycles. The molecule has 21 heavy (non-hydrogen) atoms. The number of nitrogens with zero attached hydrogens (tertiary/aromatic N) is 1. The molecule has 7 nitrogen and oxygen atoms in total. The second kappa shape index (κ2) is 8.21. The Morgan fingerprint density at radius 2 is 2.00 bits per heavy atom. The van der Waals surface area contributed by atoms with E-state index in [1.54, 1.807) is 18.2 Å². The maximum Gasteiger partial charge on any atom is 0.315 e. The number of hydrogen-bond donors (Lipinski definition) is 3. The Morgan fingerprint density at radius 3 is 2.62 bits per heavy atom. The van der Waals surface area contributed by atoms with Crippen LogP contribution in [0.3, 0.4) is 0 Å². The molecule has 1 unspecified atom stereocenters. The van der Waals surface area contributed by atoms with E-state index in [2.05, 4.69) is 10.6 Å². The zero-order valence-corrected chi connectivity index (χ0v) is 12.2. The number of aliphatic hydroxyl groups is 1. The van der Waals surface area contributed by atoms with E-state index in [0.717, 1.165) is 0 Å². The molecule has 0 heterocycles. The van der Waals surface area contributed by atoms with Crippen LogP contribution in [0, 0.1) is 16.0 Å². The van der Waals surface area contributed by atoms with E-state index in [4.69, 9.17) is 0 Å². The topological polar surface area (TPSA) is 104 Å². The van der Waals surface area contributed by atoms with Crippen LogP contribution in [0.1, 0.15) is 25.8 Å². The molecule has 0 saturated heterocycles. The molecule has 0 aliphatic carbocycles. The fraction of sp³-hybridized carbons (Fsp3) is 0.500. The molecule has 0 spiro atoms. The van der Waals surface area contributed by atoms with Crippen LogP contribution in [0.2, 0.25) is 0 Å². The Kier molecular flexibility index (Phi) is 6.61. The SMILES string of the molecule is CC(C)CC(O)CNC(=O)NCc1ccccc1[N+](=O)[O-]. The summed E-state index contributed by atoms with van der Waals surface area (Å²) in [6.07, 6.45) is 0.00608. The first-order valence-corrected chi connectivity index (χ1v) is 6.82. The number of nitrogens with one attached hydrogen (secondary N) is 2. The Balaban J connectivity index is 2.42. The van der Waals surface area contributed by atoms with Gasteiger partial charge in [0, 0.05) is 18.2 Å². The minimum atomic E-state index is -0.596. The average Bonchev–Trinajstić information content (AvgIpc) is 2.42. The predicted molar refractivity (Wildman–Crippen MR) is 78.8 cm³/mol. The lowest BCUT2D eigenvalue weighted by atomic mass is 10.1. The molecular weight excluding hydrogens is 274 g/mol. The van der Waals surface area contributed by atoms with Crippen molar-refractivity contribution < 1.29 is 14.8 Å². The minimum absolute atomic E-state index is 0.0300.